The molecule has 0 unspecified atom stereocenters. The van der Waals surface area contributed by atoms with Crippen molar-refractivity contribution in [1.29, 1.82) is 0 Å². The Morgan fingerprint density at radius 2 is 2.31 bits per heavy atom. The van der Waals surface area contributed by atoms with Gasteiger partial charge >= 0.3 is 0 Å². The molecule has 0 aliphatic carbocycles. The Morgan fingerprint density at radius 1 is 1.54 bits per heavy atom. The average molecular weight is 197 g/mol. The van der Waals surface area contributed by atoms with E-state index < -0.39 is 0 Å². The molecule has 3 N–H and O–H groups in total. The van der Waals surface area contributed by atoms with Crippen LogP contribution >= 0.6 is 11.6 Å². The summed E-state index contributed by atoms with van der Waals surface area (Å²) in [4.78, 5) is 21.3. The van der Waals surface area contributed by atoms with Crippen LogP contribution in [-0.4, -0.2) is 15.0 Å². The van der Waals surface area contributed by atoms with Crippen LogP contribution in [0.4, 0.5) is 5.95 Å². The van der Waals surface area contributed by atoms with Crippen LogP contribution in [-0.2, 0) is 0 Å². The normalized spacial score (nSPS) is 10.5. The molecule has 5 nitrogen and oxygen atoms in total. The number of hydrogen-bond donors (Lipinski definition) is 2. The lowest BCUT2D eigenvalue weighted by Gasteiger charge is -1.97. The topological polar surface area (TPSA) is 84.7 Å². The van der Waals surface area contributed by atoms with Gasteiger partial charge in [0, 0.05) is 0 Å². The lowest BCUT2D eigenvalue weighted by Crippen LogP contribution is -2.11. The van der Waals surface area contributed by atoms with E-state index in [2.05, 4.69) is 15.0 Å². The average Bonchev–Trinajstić information content (AvgIpc) is 2.06. The molecule has 0 radical (unpaired) electrons. The molecule has 0 saturated carbocycles. The van der Waals surface area contributed by atoms with Crippen LogP contribution in [0.2, 0.25) is 5.15 Å². The fourth-order valence-electron chi connectivity index (χ4n) is 1.03. The van der Waals surface area contributed by atoms with E-state index in [-0.39, 0.29) is 16.7 Å². The molecule has 2 heterocycles. The summed E-state index contributed by atoms with van der Waals surface area (Å²) in [6.07, 6.45) is 1.41. The molecule has 2 aromatic rings. The van der Waals surface area contributed by atoms with Crippen molar-refractivity contribution >= 4 is 28.5 Å². The number of hydrogen-bond acceptors (Lipinski definition) is 4. The van der Waals surface area contributed by atoms with Gasteiger partial charge in [-0.25, -0.2) is 9.97 Å². The number of nitrogens with zero attached hydrogens (tertiary/aromatic N) is 2. The summed E-state index contributed by atoms with van der Waals surface area (Å²) in [5.74, 6) is 0.0709. The van der Waals surface area contributed by atoms with Gasteiger partial charge in [-0.3, -0.25) is 9.78 Å². The van der Waals surface area contributed by atoms with Crippen LogP contribution in [0.15, 0.2) is 17.1 Å². The maximum Gasteiger partial charge on any atom is 0.260 e. The molecule has 66 valence electrons. The number of nitrogens with one attached hydrogen (secondary N) is 1. The summed E-state index contributed by atoms with van der Waals surface area (Å²) in [6, 6.07) is 1.45. The van der Waals surface area contributed by atoms with Crippen molar-refractivity contribution in [3.05, 3.63) is 27.8 Å². The Labute approximate surface area is 77.6 Å². The summed E-state index contributed by atoms with van der Waals surface area (Å²) >= 11 is 5.61. The van der Waals surface area contributed by atoms with E-state index in [1.54, 1.807) is 0 Å². The quantitative estimate of drug-likeness (QED) is 0.603. The maximum atomic E-state index is 11.3. The predicted molar refractivity (Wildman–Crippen MR) is 49.6 cm³/mol. The van der Waals surface area contributed by atoms with Gasteiger partial charge in [-0.2, -0.15) is 0 Å². The Kier molecular flexibility index (Phi) is 1.66. The molecule has 0 saturated heterocycles. The van der Waals surface area contributed by atoms with Crippen LogP contribution in [0.1, 0.15) is 0 Å². The monoisotopic (exact) mass is 196 g/mol. The van der Waals surface area contributed by atoms with Crippen molar-refractivity contribution in [2.45, 2.75) is 0 Å². The molecule has 0 aliphatic rings. The van der Waals surface area contributed by atoms with Gasteiger partial charge in [0.25, 0.3) is 5.56 Å². The highest BCUT2D eigenvalue weighted by molar-refractivity contribution is 6.30. The molecule has 2 aromatic heterocycles. The molecule has 0 atom stereocenters. The van der Waals surface area contributed by atoms with Gasteiger partial charge in [0.05, 0.1) is 17.1 Å². The summed E-state index contributed by atoms with van der Waals surface area (Å²) < 4.78 is 0. The van der Waals surface area contributed by atoms with Crippen molar-refractivity contribution in [1.82, 2.24) is 15.0 Å². The Bertz CT molecular complexity index is 521. The predicted octanol–water partition coefficient (Wildman–Crippen LogP) is 0.554. The number of aromatic amines is 1. The minimum atomic E-state index is -0.313. The maximum absolute atomic E-state index is 11.3. The molecule has 13 heavy (non-hydrogen) atoms. The van der Waals surface area contributed by atoms with E-state index in [9.17, 15) is 4.79 Å². The van der Waals surface area contributed by atoms with Gasteiger partial charge in [0.2, 0.25) is 5.95 Å². The fourth-order valence-corrected chi connectivity index (χ4v) is 1.19. The molecule has 0 spiro atoms. The van der Waals surface area contributed by atoms with Gasteiger partial charge in [-0.15, -0.1) is 0 Å². The third-order valence-corrected chi connectivity index (χ3v) is 1.78. The first-order valence-corrected chi connectivity index (χ1v) is 3.85. The number of fused-ring (bicyclic) bond motifs is 1. The highest BCUT2D eigenvalue weighted by Crippen LogP contribution is 2.10. The zero-order valence-corrected chi connectivity index (χ0v) is 7.17. The van der Waals surface area contributed by atoms with Gasteiger partial charge in [0.15, 0.2) is 0 Å². The van der Waals surface area contributed by atoms with Crippen molar-refractivity contribution in [2.24, 2.45) is 0 Å². The lowest BCUT2D eigenvalue weighted by atomic mass is 10.3. The third kappa shape index (κ3) is 1.33. The minimum Gasteiger partial charge on any atom is -0.369 e. The Morgan fingerprint density at radius 3 is 3.08 bits per heavy atom. The summed E-state index contributed by atoms with van der Waals surface area (Å²) in [6.45, 7) is 0. The third-order valence-electron chi connectivity index (χ3n) is 1.58. The zero-order valence-electron chi connectivity index (χ0n) is 6.41. The van der Waals surface area contributed by atoms with E-state index in [4.69, 9.17) is 17.3 Å². The molecular weight excluding hydrogens is 192 g/mol. The second-order valence-electron chi connectivity index (χ2n) is 2.48. The highest BCUT2D eigenvalue weighted by Gasteiger charge is 2.02. The molecule has 2 rings (SSSR count). The summed E-state index contributed by atoms with van der Waals surface area (Å²) in [5.41, 5.74) is 5.46. The lowest BCUT2D eigenvalue weighted by molar-refractivity contribution is 1.17. The van der Waals surface area contributed by atoms with Crippen LogP contribution in [0.5, 0.6) is 0 Å². The van der Waals surface area contributed by atoms with Crippen LogP contribution < -0.4 is 11.3 Å². The van der Waals surface area contributed by atoms with E-state index in [1.165, 1.54) is 12.3 Å². The molecule has 0 amide bonds. The zero-order chi connectivity index (χ0) is 9.42. The van der Waals surface area contributed by atoms with Crippen molar-refractivity contribution in [3.63, 3.8) is 0 Å². The van der Waals surface area contributed by atoms with E-state index >= 15 is 0 Å². The first-order valence-electron chi connectivity index (χ1n) is 3.48. The smallest absolute Gasteiger partial charge is 0.260 e. The van der Waals surface area contributed by atoms with Gasteiger partial charge in [-0.05, 0) is 6.07 Å². The number of H-pyrrole nitrogens is 1. The first kappa shape index (κ1) is 8.00. The largest absolute Gasteiger partial charge is 0.369 e. The van der Waals surface area contributed by atoms with Crippen molar-refractivity contribution in [3.8, 4) is 0 Å². The molecule has 0 fully saturated rings. The van der Waals surface area contributed by atoms with Crippen molar-refractivity contribution in [2.75, 3.05) is 5.73 Å². The molecule has 0 bridgehead atoms. The SMILES string of the molecule is Nc1nc2cnc(Cl)cc2c(=O)[nH]1. The first-order chi connectivity index (χ1) is 6.16. The number of nitrogens with two attached hydrogens (primary N) is 1. The second kappa shape index (κ2) is 2.70. The Balaban J connectivity index is 2.95. The fraction of sp³-hybridized carbons (Fsp3) is 0. The number of anilines is 1. The molecule has 6 heteroatoms. The van der Waals surface area contributed by atoms with Crippen molar-refractivity contribution < 1.29 is 0 Å². The van der Waals surface area contributed by atoms with Gasteiger partial charge in [-0.1, -0.05) is 11.6 Å². The molecule has 0 aromatic carbocycles. The standard InChI is InChI=1S/C7H5ClN4O/c8-5-1-3-4(2-10-5)11-7(9)12-6(3)13/h1-2H,(H3,9,11,12,13). The van der Waals surface area contributed by atoms with Crippen LogP contribution in [0, 0.1) is 0 Å². The van der Waals surface area contributed by atoms with E-state index in [0.717, 1.165) is 0 Å². The molecular formula is C7H5ClN4O. The number of aromatic nitrogens is 3. The minimum absolute atomic E-state index is 0.0709. The number of nitrogen functional groups attached to an aromatic ring is 1. The second-order valence-corrected chi connectivity index (χ2v) is 2.86. The van der Waals surface area contributed by atoms with E-state index in [0.29, 0.717) is 10.9 Å². The summed E-state index contributed by atoms with van der Waals surface area (Å²) in [5, 5.41) is 0.638. The van der Waals surface area contributed by atoms with Gasteiger partial charge < -0.3 is 5.73 Å². The summed E-state index contributed by atoms with van der Waals surface area (Å²) in [7, 11) is 0. The number of rotatable bonds is 0. The van der Waals surface area contributed by atoms with E-state index in [1.807, 2.05) is 0 Å². The number of halogens is 1. The number of pyridine rings is 1. The van der Waals surface area contributed by atoms with Gasteiger partial charge in [0.1, 0.15) is 5.15 Å². The Hall–Kier alpha value is -1.62. The molecule has 0 aliphatic heterocycles. The van der Waals surface area contributed by atoms with Crippen LogP contribution in [0.3, 0.4) is 0 Å². The highest BCUT2D eigenvalue weighted by atomic mass is 35.5. The van der Waals surface area contributed by atoms with Crippen LogP contribution in [0.25, 0.3) is 10.9 Å².